The highest BCUT2D eigenvalue weighted by Crippen LogP contribution is 2.33. The summed E-state index contributed by atoms with van der Waals surface area (Å²) in [5.74, 6) is 0.265. The first-order chi connectivity index (χ1) is 7.65. The van der Waals surface area contributed by atoms with Crippen molar-refractivity contribution >= 4 is 5.91 Å². The molecule has 92 valence electrons. The number of carbonyl (C=O) groups is 1. The van der Waals surface area contributed by atoms with Crippen molar-refractivity contribution < 1.29 is 4.79 Å². The molecule has 2 atom stereocenters. The molecule has 1 saturated carbocycles. The van der Waals surface area contributed by atoms with Crippen LogP contribution >= 0.6 is 0 Å². The molecule has 4 heteroatoms. The maximum Gasteiger partial charge on any atom is 0.239 e. The van der Waals surface area contributed by atoms with Gasteiger partial charge in [-0.3, -0.25) is 9.69 Å². The summed E-state index contributed by atoms with van der Waals surface area (Å²) in [6, 6.07) is 1.18. The van der Waals surface area contributed by atoms with Gasteiger partial charge in [-0.2, -0.15) is 0 Å². The smallest absolute Gasteiger partial charge is 0.239 e. The molecule has 0 aromatic heterocycles. The molecule has 1 aliphatic heterocycles. The van der Waals surface area contributed by atoms with E-state index in [1.54, 1.807) is 0 Å². The Morgan fingerprint density at radius 3 is 2.62 bits per heavy atom. The van der Waals surface area contributed by atoms with E-state index in [1.807, 2.05) is 11.9 Å². The van der Waals surface area contributed by atoms with Crippen LogP contribution in [0.15, 0.2) is 0 Å². The van der Waals surface area contributed by atoms with Crippen LogP contribution < -0.4 is 5.73 Å². The van der Waals surface area contributed by atoms with E-state index in [1.165, 1.54) is 12.8 Å². The van der Waals surface area contributed by atoms with E-state index in [4.69, 9.17) is 5.73 Å². The molecule has 1 amide bonds. The first-order valence-corrected chi connectivity index (χ1v) is 6.37. The summed E-state index contributed by atoms with van der Waals surface area (Å²) in [7, 11) is 1.91. The van der Waals surface area contributed by atoms with Crippen LogP contribution in [0.3, 0.4) is 0 Å². The van der Waals surface area contributed by atoms with Crippen molar-refractivity contribution in [1.29, 1.82) is 0 Å². The second-order valence-electron chi connectivity index (χ2n) is 5.17. The van der Waals surface area contributed by atoms with Gasteiger partial charge in [-0.25, -0.2) is 0 Å². The zero-order valence-electron chi connectivity index (χ0n) is 10.4. The molecule has 0 spiro atoms. The molecule has 1 aliphatic carbocycles. The molecule has 0 aromatic carbocycles. The van der Waals surface area contributed by atoms with Gasteiger partial charge in [0, 0.05) is 25.7 Å². The highest BCUT2D eigenvalue weighted by Gasteiger charge is 2.42. The second kappa shape index (κ2) is 4.72. The van der Waals surface area contributed by atoms with E-state index >= 15 is 0 Å². The van der Waals surface area contributed by atoms with Gasteiger partial charge in [0.25, 0.3) is 0 Å². The quantitative estimate of drug-likeness (QED) is 0.757. The molecule has 0 radical (unpaired) electrons. The number of carbonyl (C=O) groups excluding carboxylic acids is 1. The van der Waals surface area contributed by atoms with Crippen molar-refractivity contribution in [3.8, 4) is 0 Å². The molecule has 0 aromatic rings. The van der Waals surface area contributed by atoms with Gasteiger partial charge in [0.15, 0.2) is 0 Å². The van der Waals surface area contributed by atoms with E-state index in [2.05, 4.69) is 11.8 Å². The highest BCUT2D eigenvalue weighted by molar-refractivity contribution is 5.82. The third-order valence-corrected chi connectivity index (χ3v) is 3.82. The van der Waals surface area contributed by atoms with Gasteiger partial charge in [-0.1, -0.05) is 0 Å². The summed E-state index contributed by atoms with van der Waals surface area (Å²) in [5.41, 5.74) is 5.65. The maximum absolute atomic E-state index is 12.3. The Balaban J connectivity index is 2.17. The van der Waals surface area contributed by atoms with Crippen molar-refractivity contribution in [2.75, 3.05) is 20.1 Å². The molecular formula is C12H23N3O. The minimum absolute atomic E-state index is 0.0278. The Hall–Kier alpha value is -0.610. The Morgan fingerprint density at radius 1 is 1.38 bits per heavy atom. The standard InChI is InChI=1S/C12H23N3O/c1-9-6-8-14(2)12(16)11(5-7-13)15(9)10-3-4-10/h9-11H,3-8,13H2,1-2H3. The Kier molecular flexibility index (Phi) is 3.50. The first kappa shape index (κ1) is 11.9. The van der Waals surface area contributed by atoms with Gasteiger partial charge in [0.05, 0.1) is 6.04 Å². The molecular weight excluding hydrogens is 202 g/mol. The van der Waals surface area contributed by atoms with Crippen LogP contribution in [0.25, 0.3) is 0 Å². The lowest BCUT2D eigenvalue weighted by Crippen LogP contribution is -2.49. The molecule has 16 heavy (non-hydrogen) atoms. The summed E-state index contributed by atoms with van der Waals surface area (Å²) in [5, 5.41) is 0. The van der Waals surface area contributed by atoms with Gasteiger partial charge in [0.2, 0.25) is 5.91 Å². The lowest BCUT2D eigenvalue weighted by atomic mass is 10.1. The largest absolute Gasteiger partial charge is 0.344 e. The van der Waals surface area contributed by atoms with Gasteiger partial charge in [0.1, 0.15) is 0 Å². The number of rotatable bonds is 3. The van der Waals surface area contributed by atoms with E-state index < -0.39 is 0 Å². The maximum atomic E-state index is 12.3. The SMILES string of the molecule is CC1CCN(C)C(=O)C(CCN)N1C1CC1. The van der Waals surface area contributed by atoms with Gasteiger partial charge >= 0.3 is 0 Å². The Labute approximate surface area is 97.8 Å². The average molecular weight is 225 g/mol. The number of hydrogen-bond donors (Lipinski definition) is 1. The van der Waals surface area contributed by atoms with Gasteiger partial charge in [-0.05, 0) is 39.2 Å². The van der Waals surface area contributed by atoms with Crippen molar-refractivity contribution in [2.45, 2.75) is 50.7 Å². The minimum atomic E-state index is 0.0278. The number of nitrogens with two attached hydrogens (primary N) is 1. The summed E-state index contributed by atoms with van der Waals surface area (Å²) >= 11 is 0. The lowest BCUT2D eigenvalue weighted by molar-refractivity contribution is -0.135. The third kappa shape index (κ3) is 2.23. The zero-order valence-corrected chi connectivity index (χ0v) is 10.4. The summed E-state index contributed by atoms with van der Waals surface area (Å²) in [6.45, 7) is 3.72. The number of hydrogen-bond acceptors (Lipinski definition) is 3. The fourth-order valence-corrected chi connectivity index (χ4v) is 2.75. The molecule has 2 rings (SSSR count). The van der Waals surface area contributed by atoms with E-state index in [9.17, 15) is 4.79 Å². The average Bonchev–Trinajstić information content (AvgIpc) is 3.07. The fraction of sp³-hybridized carbons (Fsp3) is 0.917. The zero-order chi connectivity index (χ0) is 11.7. The molecule has 2 aliphatic rings. The van der Waals surface area contributed by atoms with Gasteiger partial charge in [-0.15, -0.1) is 0 Å². The fourth-order valence-electron chi connectivity index (χ4n) is 2.75. The normalized spacial score (nSPS) is 32.9. The Morgan fingerprint density at radius 2 is 2.06 bits per heavy atom. The monoisotopic (exact) mass is 225 g/mol. The van der Waals surface area contributed by atoms with Crippen molar-refractivity contribution in [1.82, 2.24) is 9.80 Å². The van der Waals surface area contributed by atoms with Crippen molar-refractivity contribution in [3.63, 3.8) is 0 Å². The second-order valence-corrected chi connectivity index (χ2v) is 5.17. The van der Waals surface area contributed by atoms with E-state index in [0.717, 1.165) is 19.4 Å². The molecule has 1 saturated heterocycles. The predicted octanol–water partition coefficient (Wildman–Crippen LogP) is 0.419. The van der Waals surface area contributed by atoms with Crippen molar-refractivity contribution in [3.05, 3.63) is 0 Å². The van der Waals surface area contributed by atoms with Crippen LogP contribution in [-0.2, 0) is 4.79 Å². The summed E-state index contributed by atoms with van der Waals surface area (Å²) in [4.78, 5) is 16.6. The number of amides is 1. The number of likely N-dealkylation sites (N-methyl/N-ethyl adjacent to an activating group) is 1. The van der Waals surface area contributed by atoms with Crippen LogP contribution in [0.1, 0.15) is 32.6 Å². The molecule has 2 fully saturated rings. The Bertz CT molecular complexity index is 265. The number of nitrogens with zero attached hydrogens (tertiary/aromatic N) is 2. The van der Waals surface area contributed by atoms with Crippen LogP contribution in [0.5, 0.6) is 0 Å². The van der Waals surface area contributed by atoms with Crippen LogP contribution in [0.2, 0.25) is 0 Å². The predicted molar refractivity (Wildman–Crippen MR) is 64.0 cm³/mol. The lowest BCUT2D eigenvalue weighted by Gasteiger charge is -2.33. The molecule has 2 N–H and O–H groups in total. The van der Waals surface area contributed by atoms with Crippen LogP contribution in [0, 0.1) is 0 Å². The van der Waals surface area contributed by atoms with Crippen LogP contribution in [0.4, 0.5) is 0 Å². The summed E-state index contributed by atoms with van der Waals surface area (Å²) < 4.78 is 0. The molecule has 2 unspecified atom stereocenters. The van der Waals surface area contributed by atoms with Gasteiger partial charge < -0.3 is 10.6 Å². The first-order valence-electron chi connectivity index (χ1n) is 6.37. The minimum Gasteiger partial charge on any atom is -0.344 e. The topological polar surface area (TPSA) is 49.6 Å². The molecule has 4 nitrogen and oxygen atoms in total. The van der Waals surface area contributed by atoms with E-state index in [0.29, 0.717) is 18.6 Å². The van der Waals surface area contributed by atoms with Crippen LogP contribution in [-0.4, -0.2) is 54.0 Å². The summed E-state index contributed by atoms with van der Waals surface area (Å²) in [6.07, 6.45) is 4.38. The third-order valence-electron chi connectivity index (χ3n) is 3.82. The molecule has 0 bridgehead atoms. The van der Waals surface area contributed by atoms with Crippen molar-refractivity contribution in [2.24, 2.45) is 5.73 Å². The highest BCUT2D eigenvalue weighted by atomic mass is 16.2. The van der Waals surface area contributed by atoms with E-state index in [-0.39, 0.29) is 11.9 Å². The molecule has 1 heterocycles.